The van der Waals surface area contributed by atoms with Crippen LogP contribution in [0.1, 0.15) is 25.3 Å². The Kier molecular flexibility index (Phi) is 6.34. The Morgan fingerprint density at radius 3 is 1.61 bits per heavy atom. The van der Waals surface area contributed by atoms with Crippen molar-refractivity contribution in [1.82, 2.24) is 0 Å². The van der Waals surface area contributed by atoms with Gasteiger partial charge in [0.05, 0.1) is 11.8 Å². The molecule has 0 aliphatic heterocycles. The van der Waals surface area contributed by atoms with Gasteiger partial charge in [-0.05, 0) is 18.4 Å². The molecule has 0 spiro atoms. The maximum absolute atomic E-state index is 14.9. The average Bonchev–Trinajstić information content (AvgIpc) is 2.75. The molecular weight excluding hydrogens is 363 g/mol. The fourth-order valence-electron chi connectivity index (χ4n) is 3.82. The van der Waals surface area contributed by atoms with Crippen molar-refractivity contribution < 1.29 is 9.67 Å². The molecule has 0 radical (unpaired) electrons. The SMILES string of the molecule is C=C(C)C(O)C(C(C)c1ccccc1)P(=O)(c1ccccc1)c1ccccc1. The zero-order valence-corrected chi connectivity index (χ0v) is 17.3. The van der Waals surface area contributed by atoms with Gasteiger partial charge in [-0.3, -0.25) is 0 Å². The number of benzene rings is 3. The summed E-state index contributed by atoms with van der Waals surface area (Å²) in [6.07, 6.45) is -0.888. The van der Waals surface area contributed by atoms with Crippen LogP contribution in [0.3, 0.4) is 0 Å². The summed E-state index contributed by atoms with van der Waals surface area (Å²) >= 11 is 0. The van der Waals surface area contributed by atoms with E-state index >= 15 is 0 Å². The van der Waals surface area contributed by atoms with Gasteiger partial charge in [0.15, 0.2) is 0 Å². The standard InChI is InChI=1S/C25H27O2P/c1-19(2)24(26)25(20(3)21-13-7-4-8-14-21)28(27,22-15-9-5-10-16-22)23-17-11-6-12-18-23/h4-18,20,24-26H,1H2,2-3H3. The quantitative estimate of drug-likeness (QED) is 0.450. The third kappa shape index (κ3) is 3.90. The van der Waals surface area contributed by atoms with E-state index in [0.29, 0.717) is 5.57 Å². The molecule has 2 nitrogen and oxygen atoms in total. The molecule has 3 heteroatoms. The molecule has 1 N–H and O–H groups in total. The summed E-state index contributed by atoms with van der Waals surface area (Å²) in [4.78, 5) is 0. The number of hydrogen-bond donors (Lipinski definition) is 1. The number of hydrogen-bond acceptors (Lipinski definition) is 2. The fraction of sp³-hybridized carbons (Fsp3) is 0.200. The van der Waals surface area contributed by atoms with E-state index in [1.54, 1.807) is 6.92 Å². The first-order valence-corrected chi connectivity index (χ1v) is 11.3. The predicted octanol–water partition coefficient (Wildman–Crippen LogP) is 5.11. The lowest BCUT2D eigenvalue weighted by atomic mass is 9.92. The highest BCUT2D eigenvalue weighted by Gasteiger charge is 2.44. The van der Waals surface area contributed by atoms with Gasteiger partial charge in [-0.1, -0.05) is 110 Å². The molecule has 3 rings (SSSR count). The van der Waals surface area contributed by atoms with E-state index in [0.717, 1.165) is 16.2 Å². The van der Waals surface area contributed by atoms with Gasteiger partial charge in [-0.15, -0.1) is 0 Å². The third-order valence-electron chi connectivity index (χ3n) is 5.37. The van der Waals surface area contributed by atoms with Crippen LogP contribution < -0.4 is 10.6 Å². The maximum atomic E-state index is 14.9. The summed E-state index contributed by atoms with van der Waals surface area (Å²) in [6.45, 7) is 7.83. The Labute approximate surface area is 167 Å². The molecule has 0 aromatic heterocycles. The van der Waals surface area contributed by atoms with Gasteiger partial charge in [0, 0.05) is 10.6 Å². The lowest BCUT2D eigenvalue weighted by Gasteiger charge is -2.36. The highest BCUT2D eigenvalue weighted by molar-refractivity contribution is 7.79. The van der Waals surface area contributed by atoms with Crippen LogP contribution in [0.4, 0.5) is 0 Å². The van der Waals surface area contributed by atoms with E-state index in [9.17, 15) is 9.67 Å². The Morgan fingerprint density at radius 2 is 1.21 bits per heavy atom. The molecule has 3 atom stereocenters. The van der Waals surface area contributed by atoms with Gasteiger partial charge in [-0.2, -0.15) is 0 Å². The molecule has 0 bridgehead atoms. The molecule has 0 aliphatic rings. The van der Waals surface area contributed by atoms with Gasteiger partial charge < -0.3 is 9.67 Å². The second-order valence-electron chi connectivity index (χ2n) is 7.31. The summed E-state index contributed by atoms with van der Waals surface area (Å²) in [7, 11) is -3.18. The van der Waals surface area contributed by atoms with Crippen molar-refractivity contribution in [2.75, 3.05) is 0 Å². The number of rotatable bonds is 7. The Balaban J connectivity index is 2.26. The monoisotopic (exact) mass is 390 g/mol. The van der Waals surface area contributed by atoms with Crippen LogP contribution >= 0.6 is 7.14 Å². The molecule has 144 valence electrons. The molecule has 0 saturated carbocycles. The van der Waals surface area contributed by atoms with Crippen LogP contribution in [0, 0.1) is 0 Å². The van der Waals surface area contributed by atoms with Crippen molar-refractivity contribution in [2.45, 2.75) is 31.5 Å². The Bertz CT molecular complexity index is 908. The highest BCUT2D eigenvalue weighted by atomic mass is 31.2. The Morgan fingerprint density at radius 1 is 0.821 bits per heavy atom. The third-order valence-corrected chi connectivity index (χ3v) is 9.07. The van der Waals surface area contributed by atoms with E-state index in [-0.39, 0.29) is 5.92 Å². The van der Waals surface area contributed by atoms with E-state index in [1.807, 2.05) is 97.9 Å². The number of aliphatic hydroxyl groups is 1. The first-order chi connectivity index (χ1) is 13.5. The molecule has 0 saturated heterocycles. The predicted molar refractivity (Wildman–Crippen MR) is 119 cm³/mol. The van der Waals surface area contributed by atoms with Gasteiger partial charge >= 0.3 is 0 Å². The van der Waals surface area contributed by atoms with E-state index in [2.05, 4.69) is 6.58 Å². The lowest BCUT2D eigenvalue weighted by molar-refractivity contribution is 0.195. The topological polar surface area (TPSA) is 37.3 Å². The van der Waals surface area contributed by atoms with Crippen molar-refractivity contribution in [3.05, 3.63) is 109 Å². The molecule has 28 heavy (non-hydrogen) atoms. The largest absolute Gasteiger partial charge is 0.388 e. The molecule has 3 aromatic carbocycles. The second kappa shape index (κ2) is 8.73. The Hall–Kier alpha value is -2.41. The van der Waals surface area contributed by atoms with Crippen molar-refractivity contribution in [1.29, 1.82) is 0 Å². The van der Waals surface area contributed by atoms with Crippen molar-refractivity contribution >= 4 is 17.8 Å². The van der Waals surface area contributed by atoms with Crippen LogP contribution in [0.15, 0.2) is 103 Å². The summed E-state index contributed by atoms with van der Waals surface area (Å²) < 4.78 is 14.9. The van der Waals surface area contributed by atoms with Gasteiger partial charge in [-0.25, -0.2) is 0 Å². The summed E-state index contributed by atoms with van der Waals surface area (Å²) in [5.74, 6) is -0.126. The zero-order chi connectivity index (χ0) is 20.1. The summed E-state index contributed by atoms with van der Waals surface area (Å²) in [5.41, 5.74) is 1.16. The van der Waals surface area contributed by atoms with Crippen molar-refractivity contribution in [2.24, 2.45) is 0 Å². The van der Waals surface area contributed by atoms with Crippen molar-refractivity contribution in [3.8, 4) is 0 Å². The van der Waals surface area contributed by atoms with Crippen molar-refractivity contribution in [3.63, 3.8) is 0 Å². The minimum absolute atomic E-state index is 0.126. The van der Waals surface area contributed by atoms with Gasteiger partial charge in [0.25, 0.3) is 0 Å². The fourth-order valence-corrected chi connectivity index (χ4v) is 7.50. The molecule has 0 aliphatic carbocycles. The average molecular weight is 390 g/mol. The minimum Gasteiger partial charge on any atom is -0.388 e. The van der Waals surface area contributed by atoms with Crippen LogP contribution in [-0.4, -0.2) is 16.9 Å². The van der Waals surface area contributed by atoms with Crippen LogP contribution in [0.2, 0.25) is 0 Å². The number of aliphatic hydroxyl groups excluding tert-OH is 1. The molecule has 0 amide bonds. The normalized spacial score (nSPS) is 14.8. The van der Waals surface area contributed by atoms with E-state index < -0.39 is 18.9 Å². The van der Waals surface area contributed by atoms with Gasteiger partial charge in [0.2, 0.25) is 0 Å². The summed E-state index contributed by atoms with van der Waals surface area (Å²) in [6, 6.07) is 29.1. The van der Waals surface area contributed by atoms with Crippen LogP contribution in [0.5, 0.6) is 0 Å². The molecule has 3 unspecified atom stereocenters. The second-order valence-corrected chi connectivity index (χ2v) is 10.3. The van der Waals surface area contributed by atoms with Gasteiger partial charge in [0.1, 0.15) is 7.14 Å². The molecule has 0 heterocycles. The lowest BCUT2D eigenvalue weighted by Crippen LogP contribution is -2.38. The van der Waals surface area contributed by atoms with Crippen LogP contribution in [0.25, 0.3) is 0 Å². The zero-order valence-electron chi connectivity index (χ0n) is 16.4. The van der Waals surface area contributed by atoms with E-state index in [1.165, 1.54) is 0 Å². The maximum Gasteiger partial charge on any atom is 0.149 e. The van der Waals surface area contributed by atoms with Crippen LogP contribution in [-0.2, 0) is 4.57 Å². The highest BCUT2D eigenvalue weighted by Crippen LogP contribution is 2.55. The summed E-state index contributed by atoms with van der Waals surface area (Å²) in [5, 5.41) is 12.7. The minimum atomic E-state index is -3.18. The molecular formula is C25H27O2P. The molecule has 0 fully saturated rings. The smallest absolute Gasteiger partial charge is 0.149 e. The van der Waals surface area contributed by atoms with E-state index in [4.69, 9.17) is 0 Å². The first kappa shape index (κ1) is 20.3. The first-order valence-electron chi connectivity index (χ1n) is 9.55. The molecule has 3 aromatic rings.